The second kappa shape index (κ2) is 3.83. The van der Waals surface area contributed by atoms with Crippen LogP contribution >= 0.6 is 0 Å². The number of pyridine rings is 1. The number of hydrogen-bond acceptors (Lipinski definition) is 4. The molecule has 0 atom stereocenters. The summed E-state index contributed by atoms with van der Waals surface area (Å²) in [6, 6.07) is 7.41. The van der Waals surface area contributed by atoms with Crippen LogP contribution in [0.15, 0.2) is 41.1 Å². The van der Waals surface area contributed by atoms with E-state index in [2.05, 4.69) is 10.3 Å². The Morgan fingerprint density at radius 2 is 2.36 bits per heavy atom. The zero-order valence-corrected chi connectivity index (χ0v) is 7.60. The highest BCUT2D eigenvalue weighted by Gasteiger charge is 1.96. The minimum Gasteiger partial charge on any atom is -0.467 e. The van der Waals surface area contributed by atoms with Crippen molar-refractivity contribution in [3.8, 4) is 0 Å². The largest absolute Gasteiger partial charge is 0.467 e. The Balaban J connectivity index is 1.98. The van der Waals surface area contributed by atoms with Gasteiger partial charge in [-0.15, -0.1) is 0 Å². The SMILES string of the molecule is Nc1cc(NCc2ccco2)ccn1. The van der Waals surface area contributed by atoms with Gasteiger partial charge in [0.2, 0.25) is 0 Å². The lowest BCUT2D eigenvalue weighted by atomic mass is 10.3. The van der Waals surface area contributed by atoms with Crippen molar-refractivity contribution in [2.24, 2.45) is 0 Å². The van der Waals surface area contributed by atoms with Crippen molar-refractivity contribution in [3.63, 3.8) is 0 Å². The molecular weight excluding hydrogens is 178 g/mol. The molecule has 14 heavy (non-hydrogen) atoms. The number of nitrogens with one attached hydrogen (secondary N) is 1. The molecule has 0 aliphatic rings. The average molecular weight is 189 g/mol. The third-order valence-corrected chi connectivity index (χ3v) is 1.83. The molecule has 0 fully saturated rings. The van der Waals surface area contributed by atoms with Crippen LogP contribution in [0.1, 0.15) is 5.76 Å². The molecule has 0 saturated heterocycles. The van der Waals surface area contributed by atoms with Crippen molar-refractivity contribution in [1.29, 1.82) is 0 Å². The highest BCUT2D eigenvalue weighted by Crippen LogP contribution is 2.10. The van der Waals surface area contributed by atoms with Crippen molar-refractivity contribution in [2.75, 3.05) is 11.1 Å². The van der Waals surface area contributed by atoms with Gasteiger partial charge in [0.15, 0.2) is 0 Å². The van der Waals surface area contributed by atoms with Gasteiger partial charge in [0.25, 0.3) is 0 Å². The van der Waals surface area contributed by atoms with Gasteiger partial charge in [0.1, 0.15) is 11.6 Å². The second-order valence-corrected chi connectivity index (χ2v) is 2.90. The summed E-state index contributed by atoms with van der Waals surface area (Å²) in [5.74, 6) is 1.40. The van der Waals surface area contributed by atoms with Crippen LogP contribution in [0.4, 0.5) is 11.5 Å². The van der Waals surface area contributed by atoms with E-state index in [0.29, 0.717) is 12.4 Å². The van der Waals surface area contributed by atoms with E-state index in [-0.39, 0.29) is 0 Å². The molecule has 0 aromatic carbocycles. The Morgan fingerprint density at radius 1 is 1.43 bits per heavy atom. The van der Waals surface area contributed by atoms with Crippen molar-refractivity contribution in [2.45, 2.75) is 6.54 Å². The predicted octanol–water partition coefficient (Wildman–Crippen LogP) is 1.87. The van der Waals surface area contributed by atoms with E-state index in [0.717, 1.165) is 11.4 Å². The highest BCUT2D eigenvalue weighted by molar-refractivity contribution is 5.49. The Labute approximate surface area is 81.8 Å². The van der Waals surface area contributed by atoms with E-state index >= 15 is 0 Å². The van der Waals surface area contributed by atoms with Crippen LogP contribution in [0.3, 0.4) is 0 Å². The molecule has 4 heteroatoms. The average Bonchev–Trinajstić information content (AvgIpc) is 2.67. The Morgan fingerprint density at radius 3 is 3.07 bits per heavy atom. The van der Waals surface area contributed by atoms with Crippen LogP contribution in [0.5, 0.6) is 0 Å². The number of hydrogen-bond donors (Lipinski definition) is 2. The summed E-state index contributed by atoms with van der Waals surface area (Å²) in [5.41, 5.74) is 6.47. The number of aromatic nitrogens is 1. The first kappa shape index (κ1) is 8.62. The molecule has 4 nitrogen and oxygen atoms in total. The number of nitrogens with zero attached hydrogens (tertiary/aromatic N) is 1. The lowest BCUT2D eigenvalue weighted by Crippen LogP contribution is -1.99. The maximum Gasteiger partial charge on any atom is 0.125 e. The van der Waals surface area contributed by atoms with Crippen LogP contribution in [0.25, 0.3) is 0 Å². The lowest BCUT2D eigenvalue weighted by molar-refractivity contribution is 0.518. The van der Waals surface area contributed by atoms with E-state index in [1.54, 1.807) is 18.5 Å². The number of furan rings is 1. The fraction of sp³-hybridized carbons (Fsp3) is 0.100. The Bertz CT molecular complexity index is 398. The van der Waals surface area contributed by atoms with Crippen molar-refractivity contribution in [1.82, 2.24) is 4.98 Å². The molecule has 2 rings (SSSR count). The molecule has 72 valence electrons. The van der Waals surface area contributed by atoms with Gasteiger partial charge in [-0.3, -0.25) is 0 Å². The molecule has 2 heterocycles. The number of nitrogens with two attached hydrogens (primary N) is 1. The summed E-state index contributed by atoms with van der Waals surface area (Å²) >= 11 is 0. The van der Waals surface area contributed by atoms with Crippen LogP contribution < -0.4 is 11.1 Å². The van der Waals surface area contributed by atoms with Gasteiger partial charge < -0.3 is 15.5 Å². The second-order valence-electron chi connectivity index (χ2n) is 2.90. The topological polar surface area (TPSA) is 64.1 Å². The molecule has 2 aromatic heterocycles. The molecular formula is C10H11N3O. The molecule has 0 unspecified atom stereocenters. The number of nitrogen functional groups attached to an aromatic ring is 1. The van der Waals surface area contributed by atoms with E-state index in [4.69, 9.17) is 10.2 Å². The molecule has 2 aromatic rings. The Hall–Kier alpha value is -1.97. The summed E-state index contributed by atoms with van der Waals surface area (Å²) in [4.78, 5) is 3.90. The molecule has 0 radical (unpaired) electrons. The van der Waals surface area contributed by atoms with Gasteiger partial charge in [0.05, 0.1) is 12.8 Å². The third kappa shape index (κ3) is 2.04. The summed E-state index contributed by atoms with van der Waals surface area (Å²) in [7, 11) is 0. The third-order valence-electron chi connectivity index (χ3n) is 1.83. The van der Waals surface area contributed by atoms with E-state index in [9.17, 15) is 0 Å². The molecule has 0 aliphatic heterocycles. The van der Waals surface area contributed by atoms with Gasteiger partial charge in [-0.2, -0.15) is 0 Å². The molecule has 3 N–H and O–H groups in total. The smallest absolute Gasteiger partial charge is 0.125 e. The summed E-state index contributed by atoms with van der Waals surface area (Å²) < 4.78 is 5.18. The summed E-state index contributed by atoms with van der Waals surface area (Å²) in [6.45, 7) is 0.649. The lowest BCUT2D eigenvalue weighted by Gasteiger charge is -2.03. The van der Waals surface area contributed by atoms with Crippen LogP contribution in [-0.4, -0.2) is 4.98 Å². The van der Waals surface area contributed by atoms with Crippen LogP contribution in [-0.2, 0) is 6.54 Å². The maximum atomic E-state index is 5.53. The normalized spacial score (nSPS) is 10.0. The van der Waals surface area contributed by atoms with E-state index < -0.39 is 0 Å². The highest BCUT2D eigenvalue weighted by atomic mass is 16.3. The first-order valence-corrected chi connectivity index (χ1v) is 4.32. The molecule has 0 saturated carbocycles. The molecule has 0 bridgehead atoms. The number of rotatable bonds is 3. The zero-order valence-electron chi connectivity index (χ0n) is 7.60. The van der Waals surface area contributed by atoms with E-state index in [1.807, 2.05) is 18.2 Å². The molecule has 0 spiro atoms. The Kier molecular flexibility index (Phi) is 2.36. The zero-order chi connectivity index (χ0) is 9.80. The molecule has 0 aliphatic carbocycles. The van der Waals surface area contributed by atoms with E-state index in [1.165, 1.54) is 0 Å². The monoisotopic (exact) mass is 189 g/mol. The fourth-order valence-corrected chi connectivity index (χ4v) is 1.16. The van der Waals surface area contributed by atoms with Gasteiger partial charge in [0, 0.05) is 18.0 Å². The fourth-order valence-electron chi connectivity index (χ4n) is 1.16. The first-order valence-electron chi connectivity index (χ1n) is 4.32. The maximum absolute atomic E-state index is 5.53. The summed E-state index contributed by atoms with van der Waals surface area (Å²) in [6.07, 6.45) is 3.32. The van der Waals surface area contributed by atoms with Gasteiger partial charge in [-0.05, 0) is 18.2 Å². The van der Waals surface area contributed by atoms with Gasteiger partial charge in [-0.1, -0.05) is 0 Å². The summed E-state index contributed by atoms with van der Waals surface area (Å²) in [5, 5.41) is 3.17. The predicted molar refractivity (Wildman–Crippen MR) is 54.7 cm³/mol. The molecule has 0 amide bonds. The number of anilines is 2. The standard InChI is InChI=1S/C10H11N3O/c11-10-6-8(3-4-12-10)13-7-9-2-1-5-14-9/h1-6H,7H2,(H3,11,12,13). The van der Waals surface area contributed by atoms with Crippen LogP contribution in [0.2, 0.25) is 0 Å². The van der Waals surface area contributed by atoms with Gasteiger partial charge >= 0.3 is 0 Å². The van der Waals surface area contributed by atoms with Crippen molar-refractivity contribution in [3.05, 3.63) is 42.5 Å². The van der Waals surface area contributed by atoms with Crippen LogP contribution in [0, 0.1) is 0 Å². The quantitative estimate of drug-likeness (QED) is 0.773. The minimum atomic E-state index is 0.509. The first-order chi connectivity index (χ1) is 6.84. The van der Waals surface area contributed by atoms with Crippen molar-refractivity contribution >= 4 is 11.5 Å². The van der Waals surface area contributed by atoms with Crippen molar-refractivity contribution < 1.29 is 4.42 Å². The van der Waals surface area contributed by atoms with Gasteiger partial charge in [-0.25, -0.2) is 4.98 Å². The minimum absolute atomic E-state index is 0.509.